The van der Waals surface area contributed by atoms with Crippen molar-refractivity contribution in [3.05, 3.63) is 35.9 Å². The number of rotatable bonds is 8. The van der Waals surface area contributed by atoms with Gasteiger partial charge in [-0.1, -0.05) is 32.0 Å². The minimum Gasteiger partial charge on any atom is -0.467 e. The summed E-state index contributed by atoms with van der Waals surface area (Å²) in [6, 6.07) is 7.66. The van der Waals surface area contributed by atoms with Crippen LogP contribution in [0.3, 0.4) is 0 Å². The lowest BCUT2D eigenvalue weighted by molar-refractivity contribution is -0.147. The number of benzene rings is 1. The van der Waals surface area contributed by atoms with E-state index in [0.29, 0.717) is 12.0 Å². The van der Waals surface area contributed by atoms with Crippen molar-refractivity contribution in [2.24, 2.45) is 5.92 Å². The maximum absolute atomic E-state index is 12.3. The number of esters is 1. The van der Waals surface area contributed by atoms with Gasteiger partial charge in [0.1, 0.15) is 6.04 Å². The van der Waals surface area contributed by atoms with Crippen molar-refractivity contribution in [2.75, 3.05) is 14.2 Å². The van der Waals surface area contributed by atoms with Crippen molar-refractivity contribution in [1.29, 1.82) is 0 Å². The van der Waals surface area contributed by atoms with Crippen LogP contribution in [0.5, 0.6) is 0 Å². The monoisotopic (exact) mass is 336 g/mol. The molecule has 1 aromatic rings. The Morgan fingerprint density at radius 2 is 1.67 bits per heavy atom. The molecule has 1 unspecified atom stereocenters. The van der Waals surface area contributed by atoms with Crippen LogP contribution in [-0.4, -0.2) is 44.3 Å². The van der Waals surface area contributed by atoms with E-state index in [0.717, 1.165) is 0 Å². The Morgan fingerprint density at radius 1 is 1.04 bits per heavy atom. The number of ether oxygens (including phenoxy) is 2. The van der Waals surface area contributed by atoms with Crippen molar-refractivity contribution < 1.29 is 23.9 Å². The standard InChI is InChI=1S/C17H24N2O5/c1-11(2)10-13(17(22)24-4)18-15(21)16(23-3)19-14(20)12-8-6-5-7-9-12/h5-9,11,13,16H,10H2,1-4H3,(H,18,21)(H,19,20)/t13-,16?/m0/s1. The highest BCUT2D eigenvalue weighted by molar-refractivity contribution is 5.97. The second-order valence-electron chi connectivity index (χ2n) is 5.67. The highest BCUT2D eigenvalue weighted by atomic mass is 16.5. The van der Waals surface area contributed by atoms with E-state index >= 15 is 0 Å². The minimum atomic E-state index is -1.21. The van der Waals surface area contributed by atoms with Gasteiger partial charge in [-0.2, -0.15) is 0 Å². The van der Waals surface area contributed by atoms with E-state index in [9.17, 15) is 14.4 Å². The van der Waals surface area contributed by atoms with Crippen LogP contribution in [0.4, 0.5) is 0 Å². The molecule has 0 aliphatic rings. The van der Waals surface area contributed by atoms with Crippen LogP contribution in [0.2, 0.25) is 0 Å². The molecule has 0 aliphatic heterocycles. The van der Waals surface area contributed by atoms with E-state index in [2.05, 4.69) is 10.6 Å². The summed E-state index contributed by atoms with van der Waals surface area (Å²) in [4.78, 5) is 36.2. The lowest BCUT2D eigenvalue weighted by Crippen LogP contribution is -2.52. The van der Waals surface area contributed by atoms with Crippen molar-refractivity contribution >= 4 is 17.8 Å². The van der Waals surface area contributed by atoms with Gasteiger partial charge >= 0.3 is 5.97 Å². The summed E-state index contributed by atoms with van der Waals surface area (Å²) in [6.45, 7) is 3.85. The molecule has 0 saturated carbocycles. The first kappa shape index (κ1) is 19.6. The molecular formula is C17H24N2O5. The number of methoxy groups -OCH3 is 2. The molecule has 2 N–H and O–H groups in total. The van der Waals surface area contributed by atoms with E-state index in [1.165, 1.54) is 14.2 Å². The molecule has 1 aromatic carbocycles. The van der Waals surface area contributed by atoms with Crippen LogP contribution in [-0.2, 0) is 19.1 Å². The molecule has 0 bridgehead atoms. The molecule has 0 fully saturated rings. The number of amides is 2. The fraction of sp³-hybridized carbons (Fsp3) is 0.471. The molecule has 7 heteroatoms. The summed E-state index contributed by atoms with van der Waals surface area (Å²) in [5.41, 5.74) is 0.402. The Labute approximate surface area is 141 Å². The average Bonchev–Trinajstić information content (AvgIpc) is 2.58. The second-order valence-corrected chi connectivity index (χ2v) is 5.67. The predicted molar refractivity (Wildman–Crippen MR) is 88.1 cm³/mol. The molecule has 132 valence electrons. The molecule has 1 rings (SSSR count). The largest absolute Gasteiger partial charge is 0.467 e. The smallest absolute Gasteiger partial charge is 0.328 e. The number of carbonyl (C=O) groups is 3. The Kier molecular flexibility index (Phi) is 7.91. The SMILES string of the molecule is COC(=O)[C@H](CC(C)C)NC(=O)C(NC(=O)c1ccccc1)OC. The van der Waals surface area contributed by atoms with Crippen LogP contribution >= 0.6 is 0 Å². The number of nitrogens with one attached hydrogen (secondary N) is 2. The van der Waals surface area contributed by atoms with E-state index in [1.54, 1.807) is 30.3 Å². The first-order valence-corrected chi connectivity index (χ1v) is 7.66. The molecule has 2 atom stereocenters. The summed E-state index contributed by atoms with van der Waals surface area (Å²) in [5, 5.41) is 5.03. The second kappa shape index (κ2) is 9.67. The van der Waals surface area contributed by atoms with Crippen LogP contribution in [0.1, 0.15) is 30.6 Å². The fourth-order valence-electron chi connectivity index (χ4n) is 2.10. The minimum absolute atomic E-state index is 0.175. The van der Waals surface area contributed by atoms with Gasteiger partial charge in [-0.05, 0) is 24.5 Å². The molecule has 7 nitrogen and oxygen atoms in total. The van der Waals surface area contributed by atoms with Crippen molar-refractivity contribution in [1.82, 2.24) is 10.6 Å². The predicted octanol–water partition coefficient (Wildman–Crippen LogP) is 1.09. The van der Waals surface area contributed by atoms with Crippen LogP contribution in [0.25, 0.3) is 0 Å². The van der Waals surface area contributed by atoms with E-state index in [1.807, 2.05) is 13.8 Å². The van der Waals surface area contributed by atoms with E-state index in [-0.39, 0.29) is 5.92 Å². The summed E-state index contributed by atoms with van der Waals surface area (Å²) >= 11 is 0. The molecule has 0 saturated heterocycles. The van der Waals surface area contributed by atoms with Gasteiger partial charge in [0.05, 0.1) is 7.11 Å². The van der Waals surface area contributed by atoms with Crippen molar-refractivity contribution in [3.8, 4) is 0 Å². The lowest BCUT2D eigenvalue weighted by Gasteiger charge is -2.22. The van der Waals surface area contributed by atoms with Crippen LogP contribution in [0, 0.1) is 5.92 Å². The zero-order valence-electron chi connectivity index (χ0n) is 14.4. The molecule has 0 radical (unpaired) electrons. The van der Waals surface area contributed by atoms with E-state index in [4.69, 9.17) is 9.47 Å². The van der Waals surface area contributed by atoms with Crippen LogP contribution in [0.15, 0.2) is 30.3 Å². The summed E-state index contributed by atoms with van der Waals surface area (Å²) in [5.74, 6) is -1.43. The molecule has 24 heavy (non-hydrogen) atoms. The van der Waals surface area contributed by atoms with E-state index < -0.39 is 30.1 Å². The lowest BCUT2D eigenvalue weighted by atomic mass is 10.0. The molecule has 0 heterocycles. The third kappa shape index (κ3) is 6.00. The maximum atomic E-state index is 12.3. The van der Waals surface area contributed by atoms with Gasteiger partial charge in [0.25, 0.3) is 11.8 Å². The number of hydrogen-bond acceptors (Lipinski definition) is 5. The fourth-order valence-corrected chi connectivity index (χ4v) is 2.10. The molecule has 0 aromatic heterocycles. The number of carbonyl (C=O) groups excluding carboxylic acids is 3. The first-order chi connectivity index (χ1) is 11.4. The third-order valence-corrected chi connectivity index (χ3v) is 3.28. The summed E-state index contributed by atoms with van der Waals surface area (Å²) < 4.78 is 9.72. The third-order valence-electron chi connectivity index (χ3n) is 3.28. The Morgan fingerprint density at radius 3 is 2.17 bits per heavy atom. The highest BCUT2D eigenvalue weighted by Crippen LogP contribution is 2.07. The van der Waals surface area contributed by atoms with Gasteiger partial charge in [-0.15, -0.1) is 0 Å². The summed E-state index contributed by atoms with van der Waals surface area (Å²) in [6.07, 6.45) is -0.793. The molecule has 0 aliphatic carbocycles. The molecule has 0 spiro atoms. The van der Waals surface area contributed by atoms with Gasteiger partial charge in [-0.3, -0.25) is 9.59 Å². The Hall–Kier alpha value is -2.41. The van der Waals surface area contributed by atoms with Crippen LogP contribution < -0.4 is 10.6 Å². The Bertz CT molecular complexity index is 559. The Balaban J connectivity index is 2.74. The van der Waals surface area contributed by atoms with Gasteiger partial charge in [0.15, 0.2) is 0 Å². The quantitative estimate of drug-likeness (QED) is 0.547. The summed E-state index contributed by atoms with van der Waals surface area (Å²) in [7, 11) is 2.55. The normalized spacial score (nSPS) is 13.0. The maximum Gasteiger partial charge on any atom is 0.328 e. The van der Waals surface area contributed by atoms with Crippen molar-refractivity contribution in [2.45, 2.75) is 32.5 Å². The highest BCUT2D eigenvalue weighted by Gasteiger charge is 2.27. The first-order valence-electron chi connectivity index (χ1n) is 7.66. The molecule has 2 amide bonds. The number of hydrogen-bond donors (Lipinski definition) is 2. The molecular weight excluding hydrogens is 312 g/mol. The van der Waals surface area contributed by atoms with Gasteiger partial charge in [-0.25, -0.2) is 4.79 Å². The van der Waals surface area contributed by atoms with Gasteiger partial charge < -0.3 is 20.1 Å². The average molecular weight is 336 g/mol. The van der Waals surface area contributed by atoms with Gasteiger partial charge in [0, 0.05) is 12.7 Å². The zero-order chi connectivity index (χ0) is 18.1. The van der Waals surface area contributed by atoms with Crippen molar-refractivity contribution in [3.63, 3.8) is 0 Å². The zero-order valence-corrected chi connectivity index (χ0v) is 14.4. The van der Waals surface area contributed by atoms with Gasteiger partial charge in [0.2, 0.25) is 6.23 Å². The topological polar surface area (TPSA) is 93.7 Å².